The fourth-order valence-electron chi connectivity index (χ4n) is 1.57. The molecule has 1 aromatic rings. The number of benzene rings is 1. The third-order valence-electron chi connectivity index (χ3n) is 2.31. The Kier molecular flexibility index (Phi) is 2.27. The minimum Gasteiger partial charge on any atom is -0.288 e. The van der Waals surface area contributed by atoms with E-state index in [9.17, 15) is 18.5 Å². The third kappa shape index (κ3) is 1.69. The van der Waals surface area contributed by atoms with Gasteiger partial charge in [0.2, 0.25) is 0 Å². The van der Waals surface area contributed by atoms with Crippen LogP contribution in [0.1, 0.15) is 11.1 Å². The number of nitro groups is 1. The molecule has 0 N–H and O–H groups in total. The number of fused-ring (bicyclic) bond motifs is 1. The Morgan fingerprint density at radius 2 is 2.12 bits per heavy atom. The molecule has 1 heterocycles. The first-order valence-electron chi connectivity index (χ1n) is 4.41. The zero-order valence-corrected chi connectivity index (χ0v) is 9.19. The molecule has 6 nitrogen and oxygen atoms in total. The Bertz CT molecular complexity index is 604. The van der Waals surface area contributed by atoms with Gasteiger partial charge in [0.25, 0.3) is 5.69 Å². The zero-order valence-electron chi connectivity index (χ0n) is 8.37. The van der Waals surface area contributed by atoms with Crippen molar-refractivity contribution in [3.63, 3.8) is 0 Å². The predicted octanol–water partition coefficient (Wildman–Crippen LogP) is 0.931. The van der Waals surface area contributed by atoms with Crippen molar-refractivity contribution in [1.29, 1.82) is 0 Å². The smallest absolute Gasteiger partial charge is 0.288 e. The highest BCUT2D eigenvalue weighted by molar-refractivity contribution is 7.90. The molecule has 0 radical (unpaired) electrons. The second kappa shape index (κ2) is 3.38. The number of nitro benzene ring substituents is 1. The third-order valence-corrected chi connectivity index (χ3v) is 3.43. The van der Waals surface area contributed by atoms with E-state index < -0.39 is 20.4 Å². The molecule has 7 heteroatoms. The summed E-state index contributed by atoms with van der Waals surface area (Å²) in [4.78, 5) is 13.8. The molecule has 0 fully saturated rings. The summed E-state index contributed by atoms with van der Waals surface area (Å²) in [5.41, 5.74) is 0.916. The van der Waals surface area contributed by atoms with Crippen LogP contribution in [-0.2, 0) is 16.4 Å². The van der Waals surface area contributed by atoms with Crippen molar-refractivity contribution in [2.45, 2.75) is 11.4 Å². The second-order valence-corrected chi connectivity index (χ2v) is 5.50. The van der Waals surface area contributed by atoms with Crippen LogP contribution in [0.5, 0.6) is 0 Å². The zero-order chi connectivity index (χ0) is 11.9. The van der Waals surface area contributed by atoms with E-state index in [2.05, 4.69) is 4.99 Å². The molecule has 1 aliphatic rings. The van der Waals surface area contributed by atoms with Crippen LogP contribution in [0.4, 0.5) is 5.69 Å². The highest BCUT2D eigenvalue weighted by atomic mass is 32.2. The largest absolute Gasteiger partial charge is 0.288 e. The van der Waals surface area contributed by atoms with E-state index in [1.807, 2.05) is 0 Å². The Hall–Kier alpha value is -1.76. The molecule has 0 spiro atoms. The number of sulfone groups is 1. The highest BCUT2D eigenvalue weighted by Crippen LogP contribution is 2.29. The molecular weight excluding hydrogens is 232 g/mol. The van der Waals surface area contributed by atoms with Gasteiger partial charge in [-0.3, -0.25) is 15.1 Å². The number of rotatable bonds is 2. The van der Waals surface area contributed by atoms with E-state index in [4.69, 9.17) is 0 Å². The lowest BCUT2D eigenvalue weighted by molar-refractivity contribution is -0.387. The fraction of sp³-hybridized carbons (Fsp3) is 0.222. The van der Waals surface area contributed by atoms with Crippen molar-refractivity contribution in [2.24, 2.45) is 4.99 Å². The number of aliphatic imine (C=N–C) groups is 1. The first-order valence-corrected chi connectivity index (χ1v) is 6.30. The molecule has 0 bridgehead atoms. The van der Waals surface area contributed by atoms with Crippen LogP contribution >= 0.6 is 0 Å². The van der Waals surface area contributed by atoms with E-state index in [0.29, 0.717) is 17.7 Å². The topological polar surface area (TPSA) is 89.6 Å². The summed E-state index contributed by atoms with van der Waals surface area (Å²) in [5, 5.41) is 10.8. The Balaban J connectivity index is 2.75. The standard InChI is InChI=1S/C9H8N2O4S/c1-16(14,15)9-3-7-5-10-4-6(7)2-8(9)11(12)13/h2-4H,5H2,1H3. The molecule has 16 heavy (non-hydrogen) atoms. The first-order chi connectivity index (χ1) is 7.39. The average molecular weight is 240 g/mol. The van der Waals surface area contributed by atoms with Crippen LogP contribution in [0.2, 0.25) is 0 Å². The van der Waals surface area contributed by atoms with Gasteiger partial charge in [0.15, 0.2) is 9.84 Å². The molecule has 84 valence electrons. The lowest BCUT2D eigenvalue weighted by Crippen LogP contribution is -2.04. The maximum absolute atomic E-state index is 11.4. The van der Waals surface area contributed by atoms with E-state index in [-0.39, 0.29) is 4.90 Å². The first kappa shape index (κ1) is 10.7. The van der Waals surface area contributed by atoms with Crippen LogP contribution in [-0.4, -0.2) is 25.8 Å². The van der Waals surface area contributed by atoms with Crippen molar-refractivity contribution in [3.05, 3.63) is 33.4 Å². The fourth-order valence-corrected chi connectivity index (χ4v) is 2.44. The summed E-state index contributed by atoms with van der Waals surface area (Å²) in [6.07, 6.45) is 2.46. The maximum atomic E-state index is 11.4. The Morgan fingerprint density at radius 3 is 2.69 bits per heavy atom. The predicted molar refractivity (Wildman–Crippen MR) is 57.5 cm³/mol. The highest BCUT2D eigenvalue weighted by Gasteiger charge is 2.25. The van der Waals surface area contributed by atoms with E-state index >= 15 is 0 Å². The van der Waals surface area contributed by atoms with Crippen molar-refractivity contribution < 1.29 is 13.3 Å². The number of nitrogens with zero attached hydrogens (tertiary/aromatic N) is 2. The maximum Gasteiger partial charge on any atom is 0.288 e. The lowest BCUT2D eigenvalue weighted by Gasteiger charge is -2.03. The monoisotopic (exact) mass is 240 g/mol. The SMILES string of the molecule is CS(=O)(=O)c1cc2c(cc1[N+](=O)[O-])C=NC2. The van der Waals surface area contributed by atoms with Gasteiger partial charge in [-0.2, -0.15) is 0 Å². The molecule has 1 aromatic carbocycles. The van der Waals surface area contributed by atoms with Crippen molar-refractivity contribution >= 4 is 21.7 Å². The van der Waals surface area contributed by atoms with E-state index in [1.54, 1.807) is 0 Å². The minimum absolute atomic E-state index is 0.248. The molecule has 1 aliphatic heterocycles. The number of hydrogen-bond acceptors (Lipinski definition) is 5. The molecular formula is C9H8N2O4S. The van der Waals surface area contributed by atoms with E-state index in [0.717, 1.165) is 6.26 Å². The van der Waals surface area contributed by atoms with Crippen LogP contribution in [0.3, 0.4) is 0 Å². The summed E-state index contributed by atoms with van der Waals surface area (Å²) in [6, 6.07) is 2.58. The Morgan fingerprint density at radius 1 is 1.44 bits per heavy atom. The molecule has 0 saturated carbocycles. The molecule has 0 saturated heterocycles. The van der Waals surface area contributed by atoms with Gasteiger partial charge in [-0.15, -0.1) is 0 Å². The quantitative estimate of drug-likeness (QED) is 0.568. The van der Waals surface area contributed by atoms with Crippen LogP contribution in [0.25, 0.3) is 0 Å². The van der Waals surface area contributed by atoms with Gasteiger partial charge in [0, 0.05) is 24.1 Å². The molecule has 2 rings (SSSR count). The van der Waals surface area contributed by atoms with Crippen molar-refractivity contribution in [3.8, 4) is 0 Å². The summed E-state index contributed by atoms with van der Waals surface area (Å²) in [6.45, 7) is 0.371. The second-order valence-electron chi connectivity index (χ2n) is 3.52. The van der Waals surface area contributed by atoms with Crippen LogP contribution in [0, 0.1) is 10.1 Å². The van der Waals surface area contributed by atoms with Gasteiger partial charge in [-0.25, -0.2) is 8.42 Å². The van der Waals surface area contributed by atoms with Gasteiger partial charge < -0.3 is 0 Å². The Labute approximate surface area is 91.7 Å². The minimum atomic E-state index is -3.60. The normalized spacial score (nSPS) is 13.8. The molecule has 0 atom stereocenters. The molecule has 0 aromatic heterocycles. The van der Waals surface area contributed by atoms with Crippen molar-refractivity contribution in [1.82, 2.24) is 0 Å². The number of hydrogen-bond donors (Lipinski definition) is 0. The summed E-state index contributed by atoms with van der Waals surface area (Å²) < 4.78 is 22.8. The van der Waals surface area contributed by atoms with Gasteiger partial charge in [0.1, 0.15) is 4.90 Å². The summed E-state index contributed by atoms with van der Waals surface area (Å²) in [5.74, 6) is 0. The summed E-state index contributed by atoms with van der Waals surface area (Å²) in [7, 11) is -3.60. The molecule has 0 amide bonds. The van der Waals surface area contributed by atoms with Gasteiger partial charge in [-0.1, -0.05) is 0 Å². The van der Waals surface area contributed by atoms with Crippen molar-refractivity contribution in [2.75, 3.05) is 6.26 Å². The van der Waals surface area contributed by atoms with Gasteiger partial charge in [0.05, 0.1) is 11.5 Å². The molecule has 0 aliphatic carbocycles. The lowest BCUT2D eigenvalue weighted by atomic mass is 10.1. The van der Waals surface area contributed by atoms with Crippen LogP contribution in [0.15, 0.2) is 22.0 Å². The van der Waals surface area contributed by atoms with E-state index in [1.165, 1.54) is 18.3 Å². The average Bonchev–Trinajstić information content (AvgIpc) is 2.60. The van der Waals surface area contributed by atoms with Gasteiger partial charge in [-0.05, 0) is 11.6 Å². The van der Waals surface area contributed by atoms with Crippen LogP contribution < -0.4 is 0 Å². The van der Waals surface area contributed by atoms with Gasteiger partial charge >= 0.3 is 0 Å². The molecule has 0 unspecified atom stereocenters. The summed E-state index contributed by atoms with van der Waals surface area (Å²) >= 11 is 0.